The smallest absolute Gasteiger partial charge is 0.125 e. The van der Waals surface area contributed by atoms with E-state index in [9.17, 15) is 5.11 Å². The zero-order valence-corrected chi connectivity index (χ0v) is 12.1. The summed E-state index contributed by atoms with van der Waals surface area (Å²) >= 11 is 0. The van der Waals surface area contributed by atoms with Crippen molar-refractivity contribution in [2.24, 2.45) is 0 Å². The molecule has 0 saturated carbocycles. The first-order chi connectivity index (χ1) is 9.61. The Labute approximate surface area is 119 Å². The van der Waals surface area contributed by atoms with Crippen LogP contribution in [-0.4, -0.2) is 12.2 Å². The zero-order valence-electron chi connectivity index (χ0n) is 12.1. The molecule has 0 bridgehead atoms. The Morgan fingerprint density at radius 1 is 1.10 bits per heavy atom. The second-order valence-corrected chi connectivity index (χ2v) is 4.82. The lowest BCUT2D eigenvalue weighted by molar-refractivity contribution is 0.190. The SMILES string of the molecule is COc1ccccc1COc1cc(C)ccc1[C@H](C)O. The minimum Gasteiger partial charge on any atom is -0.496 e. The third-order valence-corrected chi connectivity index (χ3v) is 3.19. The quantitative estimate of drug-likeness (QED) is 0.903. The van der Waals surface area contributed by atoms with Crippen LogP contribution in [0.2, 0.25) is 0 Å². The molecule has 0 aliphatic rings. The van der Waals surface area contributed by atoms with Crippen LogP contribution >= 0.6 is 0 Å². The lowest BCUT2D eigenvalue weighted by atomic mass is 10.1. The Morgan fingerprint density at radius 2 is 1.85 bits per heavy atom. The average Bonchev–Trinajstić information content (AvgIpc) is 2.45. The first-order valence-corrected chi connectivity index (χ1v) is 6.65. The highest BCUT2D eigenvalue weighted by atomic mass is 16.5. The van der Waals surface area contributed by atoms with Crippen LogP contribution in [0.25, 0.3) is 0 Å². The molecule has 0 unspecified atom stereocenters. The van der Waals surface area contributed by atoms with Crippen LogP contribution in [0.4, 0.5) is 0 Å². The third kappa shape index (κ3) is 3.31. The maximum absolute atomic E-state index is 9.79. The molecule has 3 nitrogen and oxygen atoms in total. The van der Waals surface area contributed by atoms with Gasteiger partial charge in [0.2, 0.25) is 0 Å². The fourth-order valence-electron chi connectivity index (χ4n) is 2.09. The number of methoxy groups -OCH3 is 1. The first kappa shape index (κ1) is 14.4. The number of hydrogen-bond donors (Lipinski definition) is 1. The molecule has 0 aliphatic heterocycles. The topological polar surface area (TPSA) is 38.7 Å². The van der Waals surface area contributed by atoms with E-state index in [1.807, 2.05) is 49.4 Å². The van der Waals surface area contributed by atoms with E-state index < -0.39 is 6.10 Å². The predicted molar refractivity (Wildman–Crippen MR) is 79.1 cm³/mol. The second-order valence-electron chi connectivity index (χ2n) is 4.82. The standard InChI is InChI=1S/C17H20O3/c1-12-8-9-15(13(2)18)17(10-12)20-11-14-6-4-5-7-16(14)19-3/h4-10,13,18H,11H2,1-3H3/t13-/m0/s1. The van der Waals surface area contributed by atoms with Gasteiger partial charge in [-0.05, 0) is 31.5 Å². The van der Waals surface area contributed by atoms with Gasteiger partial charge in [0.05, 0.1) is 13.2 Å². The lowest BCUT2D eigenvalue weighted by Crippen LogP contribution is -2.02. The van der Waals surface area contributed by atoms with Crippen LogP contribution in [0.5, 0.6) is 11.5 Å². The van der Waals surface area contributed by atoms with Crippen molar-refractivity contribution in [3.05, 3.63) is 59.2 Å². The molecule has 0 aliphatic carbocycles. The third-order valence-electron chi connectivity index (χ3n) is 3.19. The van der Waals surface area contributed by atoms with E-state index in [0.29, 0.717) is 12.4 Å². The molecule has 106 valence electrons. The van der Waals surface area contributed by atoms with Gasteiger partial charge < -0.3 is 14.6 Å². The van der Waals surface area contributed by atoms with Crippen LogP contribution in [0.15, 0.2) is 42.5 Å². The maximum Gasteiger partial charge on any atom is 0.125 e. The van der Waals surface area contributed by atoms with Crippen LogP contribution in [0, 0.1) is 6.92 Å². The van der Waals surface area contributed by atoms with Crippen molar-refractivity contribution in [1.29, 1.82) is 0 Å². The van der Waals surface area contributed by atoms with E-state index in [-0.39, 0.29) is 0 Å². The van der Waals surface area contributed by atoms with Gasteiger partial charge in [0.15, 0.2) is 0 Å². The first-order valence-electron chi connectivity index (χ1n) is 6.65. The van der Waals surface area contributed by atoms with Gasteiger partial charge in [-0.15, -0.1) is 0 Å². The van der Waals surface area contributed by atoms with Crippen molar-refractivity contribution in [2.75, 3.05) is 7.11 Å². The Balaban J connectivity index is 2.20. The maximum atomic E-state index is 9.79. The molecule has 0 radical (unpaired) electrons. The van der Waals surface area contributed by atoms with Gasteiger partial charge in [0, 0.05) is 11.1 Å². The summed E-state index contributed by atoms with van der Waals surface area (Å²) in [7, 11) is 1.65. The van der Waals surface area contributed by atoms with Crippen LogP contribution in [-0.2, 0) is 6.61 Å². The van der Waals surface area contributed by atoms with Gasteiger partial charge in [-0.3, -0.25) is 0 Å². The van der Waals surface area contributed by atoms with E-state index in [2.05, 4.69) is 0 Å². The molecule has 1 N–H and O–H groups in total. The van der Waals surface area contributed by atoms with Crippen molar-refractivity contribution in [3.8, 4) is 11.5 Å². The van der Waals surface area contributed by atoms with Gasteiger partial charge in [-0.2, -0.15) is 0 Å². The van der Waals surface area contributed by atoms with Gasteiger partial charge in [-0.1, -0.05) is 30.3 Å². The monoisotopic (exact) mass is 272 g/mol. The van der Waals surface area contributed by atoms with Crippen molar-refractivity contribution in [2.45, 2.75) is 26.6 Å². The molecule has 0 heterocycles. The molecule has 0 aromatic heterocycles. The Bertz CT molecular complexity index is 576. The lowest BCUT2D eigenvalue weighted by Gasteiger charge is -2.15. The summed E-state index contributed by atoms with van der Waals surface area (Å²) in [6.07, 6.45) is -0.553. The largest absolute Gasteiger partial charge is 0.496 e. The Kier molecular flexibility index (Phi) is 4.64. The normalized spacial score (nSPS) is 12.0. The highest BCUT2D eigenvalue weighted by Gasteiger charge is 2.10. The van der Waals surface area contributed by atoms with Gasteiger partial charge in [0.25, 0.3) is 0 Å². The van der Waals surface area contributed by atoms with Crippen molar-refractivity contribution < 1.29 is 14.6 Å². The van der Waals surface area contributed by atoms with Crippen molar-refractivity contribution in [1.82, 2.24) is 0 Å². The summed E-state index contributed by atoms with van der Waals surface area (Å²) in [6, 6.07) is 13.6. The van der Waals surface area contributed by atoms with Crippen LogP contribution in [0.1, 0.15) is 29.7 Å². The van der Waals surface area contributed by atoms with E-state index in [1.165, 1.54) is 0 Å². The molecule has 3 heteroatoms. The van der Waals surface area contributed by atoms with Crippen molar-refractivity contribution >= 4 is 0 Å². The summed E-state index contributed by atoms with van der Waals surface area (Å²) < 4.78 is 11.2. The van der Waals surface area contributed by atoms with E-state index in [1.54, 1.807) is 14.0 Å². The summed E-state index contributed by atoms with van der Waals surface area (Å²) in [5, 5.41) is 9.79. The number of benzene rings is 2. The van der Waals surface area contributed by atoms with E-state index in [0.717, 1.165) is 22.4 Å². The molecular formula is C17H20O3. The minimum atomic E-state index is -0.553. The molecule has 1 atom stereocenters. The van der Waals surface area contributed by atoms with Gasteiger partial charge in [0.1, 0.15) is 18.1 Å². The van der Waals surface area contributed by atoms with Crippen LogP contribution < -0.4 is 9.47 Å². The van der Waals surface area contributed by atoms with Gasteiger partial charge in [-0.25, -0.2) is 0 Å². The number of ether oxygens (including phenoxy) is 2. The molecule has 20 heavy (non-hydrogen) atoms. The number of aryl methyl sites for hydroxylation is 1. The fourth-order valence-corrected chi connectivity index (χ4v) is 2.09. The fraction of sp³-hybridized carbons (Fsp3) is 0.294. The zero-order chi connectivity index (χ0) is 14.5. The van der Waals surface area contributed by atoms with Crippen molar-refractivity contribution in [3.63, 3.8) is 0 Å². The number of hydrogen-bond acceptors (Lipinski definition) is 3. The van der Waals surface area contributed by atoms with E-state index >= 15 is 0 Å². The molecular weight excluding hydrogens is 252 g/mol. The average molecular weight is 272 g/mol. The summed E-state index contributed by atoms with van der Waals surface area (Å²) in [6.45, 7) is 4.15. The predicted octanol–water partition coefficient (Wildman–Crippen LogP) is 3.64. The Morgan fingerprint density at radius 3 is 2.55 bits per heavy atom. The molecule has 0 amide bonds. The molecule has 0 saturated heterocycles. The number of rotatable bonds is 5. The molecule has 2 aromatic carbocycles. The Hall–Kier alpha value is -2.00. The highest BCUT2D eigenvalue weighted by Crippen LogP contribution is 2.28. The van der Waals surface area contributed by atoms with Gasteiger partial charge >= 0.3 is 0 Å². The molecule has 0 fully saturated rings. The number of para-hydroxylation sites is 1. The summed E-state index contributed by atoms with van der Waals surface area (Å²) in [5.41, 5.74) is 2.88. The summed E-state index contributed by atoms with van der Waals surface area (Å²) in [5.74, 6) is 1.52. The number of aliphatic hydroxyl groups is 1. The minimum absolute atomic E-state index is 0.410. The molecule has 2 aromatic rings. The molecule has 0 spiro atoms. The summed E-state index contributed by atoms with van der Waals surface area (Å²) in [4.78, 5) is 0. The number of aliphatic hydroxyl groups excluding tert-OH is 1. The molecule has 2 rings (SSSR count). The van der Waals surface area contributed by atoms with E-state index in [4.69, 9.17) is 9.47 Å². The van der Waals surface area contributed by atoms with Crippen LogP contribution in [0.3, 0.4) is 0 Å². The second kappa shape index (κ2) is 6.44. The highest BCUT2D eigenvalue weighted by molar-refractivity contribution is 5.39.